The van der Waals surface area contributed by atoms with Gasteiger partial charge in [-0.05, 0) is 36.6 Å². The first kappa shape index (κ1) is 11.0. The van der Waals surface area contributed by atoms with Crippen molar-refractivity contribution in [3.05, 3.63) is 34.2 Å². The Morgan fingerprint density at radius 2 is 2.06 bits per heavy atom. The van der Waals surface area contributed by atoms with E-state index in [2.05, 4.69) is 16.9 Å². The molecule has 0 aliphatic carbocycles. The van der Waals surface area contributed by atoms with Gasteiger partial charge in [-0.15, -0.1) is 0 Å². The monoisotopic (exact) mass is 219 g/mol. The van der Waals surface area contributed by atoms with Gasteiger partial charge in [0.05, 0.1) is 11.0 Å². The predicted octanol–water partition coefficient (Wildman–Crippen LogP) is 1.38. The van der Waals surface area contributed by atoms with E-state index >= 15 is 0 Å². The van der Waals surface area contributed by atoms with Crippen LogP contribution in [0, 0.1) is 5.92 Å². The lowest BCUT2D eigenvalue weighted by molar-refractivity contribution is 0.519. The summed E-state index contributed by atoms with van der Waals surface area (Å²) < 4.78 is 0. The third kappa shape index (κ3) is 2.17. The number of hydrogen-bond acceptors (Lipinski definition) is 2. The summed E-state index contributed by atoms with van der Waals surface area (Å²) in [6, 6.07) is 6.00. The van der Waals surface area contributed by atoms with Crippen molar-refractivity contribution in [1.82, 2.24) is 9.97 Å². The number of H-pyrrole nitrogens is 2. The van der Waals surface area contributed by atoms with Gasteiger partial charge in [-0.2, -0.15) is 0 Å². The van der Waals surface area contributed by atoms with Crippen molar-refractivity contribution in [1.29, 1.82) is 0 Å². The lowest BCUT2D eigenvalue weighted by atomic mass is 9.97. The van der Waals surface area contributed by atoms with E-state index in [1.54, 1.807) is 0 Å². The second kappa shape index (κ2) is 4.53. The fourth-order valence-electron chi connectivity index (χ4n) is 1.93. The van der Waals surface area contributed by atoms with Gasteiger partial charge in [0.2, 0.25) is 0 Å². The maximum Gasteiger partial charge on any atom is 0.323 e. The van der Waals surface area contributed by atoms with Gasteiger partial charge in [0, 0.05) is 0 Å². The van der Waals surface area contributed by atoms with Crippen molar-refractivity contribution >= 4 is 11.0 Å². The van der Waals surface area contributed by atoms with E-state index in [0.29, 0.717) is 12.5 Å². The second-order valence-electron chi connectivity index (χ2n) is 4.17. The van der Waals surface area contributed by atoms with Crippen LogP contribution in [0.25, 0.3) is 11.0 Å². The Kier molecular flexibility index (Phi) is 3.10. The van der Waals surface area contributed by atoms with Crippen LogP contribution in [-0.2, 0) is 6.42 Å². The number of aromatic nitrogens is 2. The Hall–Kier alpha value is -1.55. The number of imidazole rings is 1. The molecule has 86 valence electrons. The van der Waals surface area contributed by atoms with Crippen LogP contribution in [0.4, 0.5) is 0 Å². The third-order valence-electron chi connectivity index (χ3n) is 3.02. The molecule has 0 saturated heterocycles. The number of hydrogen-bond donors (Lipinski definition) is 3. The van der Waals surface area contributed by atoms with Crippen LogP contribution < -0.4 is 11.4 Å². The number of aromatic amines is 2. The standard InChI is InChI=1S/C12H17N3O/c1-2-8(7-13)5-9-3-4-10-11(6-9)15-12(16)14-10/h3-4,6,8H,2,5,7,13H2,1H3,(H2,14,15,16). The van der Waals surface area contributed by atoms with Crippen LogP contribution in [0.3, 0.4) is 0 Å². The number of rotatable bonds is 4. The highest BCUT2D eigenvalue weighted by molar-refractivity contribution is 5.74. The molecule has 4 nitrogen and oxygen atoms in total. The van der Waals surface area contributed by atoms with Crippen molar-refractivity contribution in [2.24, 2.45) is 11.7 Å². The topological polar surface area (TPSA) is 74.7 Å². The molecule has 1 aromatic carbocycles. The largest absolute Gasteiger partial charge is 0.330 e. The maximum absolute atomic E-state index is 11.1. The smallest absolute Gasteiger partial charge is 0.323 e. The average molecular weight is 219 g/mol. The molecular formula is C12H17N3O. The van der Waals surface area contributed by atoms with Crippen molar-refractivity contribution in [2.75, 3.05) is 6.54 Å². The van der Waals surface area contributed by atoms with Crippen LogP contribution in [0.5, 0.6) is 0 Å². The summed E-state index contributed by atoms with van der Waals surface area (Å²) in [6.45, 7) is 2.85. The van der Waals surface area contributed by atoms with E-state index in [9.17, 15) is 4.79 Å². The Morgan fingerprint density at radius 3 is 2.75 bits per heavy atom. The Labute approximate surface area is 93.9 Å². The first-order chi connectivity index (χ1) is 7.72. The Morgan fingerprint density at radius 1 is 1.31 bits per heavy atom. The second-order valence-corrected chi connectivity index (χ2v) is 4.17. The van der Waals surface area contributed by atoms with E-state index in [0.717, 1.165) is 23.9 Å². The summed E-state index contributed by atoms with van der Waals surface area (Å²) in [6.07, 6.45) is 2.05. The maximum atomic E-state index is 11.1. The first-order valence-electron chi connectivity index (χ1n) is 5.64. The summed E-state index contributed by atoms with van der Waals surface area (Å²) in [5, 5.41) is 0. The minimum atomic E-state index is -0.155. The summed E-state index contributed by atoms with van der Waals surface area (Å²) in [5.74, 6) is 0.517. The molecule has 0 saturated carbocycles. The highest BCUT2D eigenvalue weighted by Gasteiger charge is 2.06. The van der Waals surface area contributed by atoms with Crippen LogP contribution in [0.15, 0.2) is 23.0 Å². The van der Waals surface area contributed by atoms with Gasteiger partial charge in [-0.25, -0.2) is 4.79 Å². The Balaban J connectivity index is 2.28. The molecule has 1 unspecified atom stereocenters. The number of nitrogens with two attached hydrogens (primary N) is 1. The first-order valence-corrected chi connectivity index (χ1v) is 5.64. The van der Waals surface area contributed by atoms with Gasteiger partial charge in [0.15, 0.2) is 0 Å². The average Bonchev–Trinajstić information content (AvgIpc) is 2.65. The van der Waals surface area contributed by atoms with E-state index < -0.39 is 0 Å². The molecule has 0 radical (unpaired) electrons. The van der Waals surface area contributed by atoms with E-state index in [1.165, 1.54) is 5.56 Å². The van der Waals surface area contributed by atoms with Gasteiger partial charge in [-0.3, -0.25) is 0 Å². The van der Waals surface area contributed by atoms with Crippen LogP contribution in [0.2, 0.25) is 0 Å². The zero-order valence-corrected chi connectivity index (χ0v) is 9.42. The minimum absolute atomic E-state index is 0.155. The van der Waals surface area contributed by atoms with E-state index in [1.807, 2.05) is 18.2 Å². The van der Waals surface area contributed by atoms with Crippen LogP contribution in [-0.4, -0.2) is 16.5 Å². The molecule has 4 heteroatoms. The van der Waals surface area contributed by atoms with Crippen molar-refractivity contribution in [3.8, 4) is 0 Å². The summed E-state index contributed by atoms with van der Waals surface area (Å²) in [7, 11) is 0. The van der Waals surface area contributed by atoms with Gasteiger partial charge < -0.3 is 15.7 Å². The van der Waals surface area contributed by atoms with Crippen molar-refractivity contribution in [3.63, 3.8) is 0 Å². The lowest BCUT2D eigenvalue weighted by Crippen LogP contribution is -2.15. The third-order valence-corrected chi connectivity index (χ3v) is 3.02. The Bertz CT molecular complexity index is 522. The van der Waals surface area contributed by atoms with Crippen LogP contribution in [0.1, 0.15) is 18.9 Å². The predicted molar refractivity (Wildman–Crippen MR) is 65.5 cm³/mol. The van der Waals surface area contributed by atoms with Gasteiger partial charge in [0.25, 0.3) is 0 Å². The zero-order chi connectivity index (χ0) is 11.5. The summed E-state index contributed by atoms with van der Waals surface area (Å²) in [5.41, 5.74) is 8.48. The molecule has 0 bridgehead atoms. The minimum Gasteiger partial charge on any atom is -0.330 e. The highest BCUT2D eigenvalue weighted by atomic mass is 16.1. The molecule has 1 heterocycles. The van der Waals surface area contributed by atoms with E-state index in [-0.39, 0.29) is 5.69 Å². The summed E-state index contributed by atoms with van der Waals surface area (Å²) >= 11 is 0. The summed E-state index contributed by atoms with van der Waals surface area (Å²) in [4.78, 5) is 16.6. The molecule has 0 spiro atoms. The normalized spacial score (nSPS) is 13.1. The fourth-order valence-corrected chi connectivity index (χ4v) is 1.93. The molecule has 4 N–H and O–H groups in total. The van der Waals surface area contributed by atoms with Crippen molar-refractivity contribution < 1.29 is 0 Å². The van der Waals surface area contributed by atoms with Gasteiger partial charge >= 0.3 is 5.69 Å². The van der Waals surface area contributed by atoms with Crippen molar-refractivity contribution in [2.45, 2.75) is 19.8 Å². The van der Waals surface area contributed by atoms with E-state index in [4.69, 9.17) is 5.73 Å². The molecule has 1 aromatic heterocycles. The molecule has 0 fully saturated rings. The van der Waals surface area contributed by atoms with Crippen LogP contribution >= 0.6 is 0 Å². The number of nitrogens with one attached hydrogen (secondary N) is 2. The van der Waals surface area contributed by atoms with Gasteiger partial charge in [0.1, 0.15) is 0 Å². The molecule has 16 heavy (non-hydrogen) atoms. The molecule has 2 rings (SSSR count). The molecule has 0 aliphatic heterocycles. The molecule has 1 atom stereocenters. The quantitative estimate of drug-likeness (QED) is 0.726. The molecule has 2 aromatic rings. The molecular weight excluding hydrogens is 202 g/mol. The highest BCUT2D eigenvalue weighted by Crippen LogP contribution is 2.15. The number of fused-ring (bicyclic) bond motifs is 1. The lowest BCUT2D eigenvalue weighted by Gasteiger charge is -2.11. The molecule has 0 aliphatic rings. The SMILES string of the molecule is CCC(CN)Cc1ccc2[nH]c(=O)[nH]c2c1. The molecule has 0 amide bonds. The fraction of sp³-hybridized carbons (Fsp3) is 0.417. The zero-order valence-electron chi connectivity index (χ0n) is 9.42. The number of benzene rings is 1. The van der Waals surface area contributed by atoms with Gasteiger partial charge in [-0.1, -0.05) is 19.4 Å².